The molecule has 3 N–H and O–H groups in total. The van der Waals surface area contributed by atoms with Crippen LogP contribution in [0.5, 0.6) is 0 Å². The maximum Gasteiger partial charge on any atom is 0.255 e. The van der Waals surface area contributed by atoms with Crippen LogP contribution in [-0.2, 0) is 44.6 Å². The van der Waals surface area contributed by atoms with Gasteiger partial charge in [0.15, 0.2) is 0 Å². The van der Waals surface area contributed by atoms with Crippen LogP contribution in [0.1, 0.15) is 34.3 Å². The number of nitrogens with one attached hydrogen (secondary N) is 1. The molecular weight excluding hydrogens is 558 g/mol. The standard InChI is InChI=1S/C28H39N3O9.ClH/c29-8-10-36-12-14-38-16-18-40-20-19-39-17-15-37-13-11-35-9-2-4-22-3-1-5-23-24(22)21-31(28(23)34)25-6-7-26(32)30-27(25)33;/h1,3,5,25H,6-21,29H2,(H,30,32,33);1H. The third-order valence-corrected chi connectivity index (χ3v) is 6.10. The minimum Gasteiger partial charge on any atom is -0.378 e. The van der Waals surface area contributed by atoms with Crippen molar-refractivity contribution in [3.8, 4) is 11.8 Å². The van der Waals surface area contributed by atoms with Gasteiger partial charge >= 0.3 is 0 Å². The first-order valence-corrected chi connectivity index (χ1v) is 13.5. The number of hydrogen-bond acceptors (Lipinski definition) is 10. The second-order valence-corrected chi connectivity index (χ2v) is 8.94. The van der Waals surface area contributed by atoms with E-state index in [4.69, 9.17) is 34.2 Å². The number of nitrogens with two attached hydrogens (primary N) is 1. The van der Waals surface area contributed by atoms with Crippen molar-refractivity contribution >= 4 is 30.1 Å². The van der Waals surface area contributed by atoms with E-state index >= 15 is 0 Å². The Morgan fingerprint density at radius 3 is 1.95 bits per heavy atom. The second kappa shape index (κ2) is 20.3. The predicted octanol–water partition coefficient (Wildman–Crippen LogP) is 0.279. The number of nitrogens with zero attached hydrogens (tertiary/aromatic N) is 1. The summed E-state index contributed by atoms with van der Waals surface area (Å²) in [6, 6.07) is 4.70. The quantitative estimate of drug-likeness (QED) is 0.129. The van der Waals surface area contributed by atoms with Gasteiger partial charge in [0.05, 0.1) is 72.7 Å². The summed E-state index contributed by atoms with van der Waals surface area (Å²) in [5.74, 6) is 5.08. The maximum absolute atomic E-state index is 12.9. The van der Waals surface area contributed by atoms with E-state index in [-0.39, 0.29) is 43.8 Å². The number of rotatable bonds is 19. The molecule has 0 aromatic heterocycles. The molecule has 0 aliphatic carbocycles. The minimum absolute atomic E-state index is 0. The number of halogens is 1. The van der Waals surface area contributed by atoms with Crippen molar-refractivity contribution in [2.75, 3.05) is 85.8 Å². The lowest BCUT2D eigenvalue weighted by Gasteiger charge is -2.29. The van der Waals surface area contributed by atoms with E-state index in [9.17, 15) is 14.4 Å². The topological polar surface area (TPSA) is 148 Å². The lowest BCUT2D eigenvalue weighted by Crippen LogP contribution is -2.52. The molecule has 0 spiro atoms. The van der Waals surface area contributed by atoms with Crippen molar-refractivity contribution in [3.63, 3.8) is 0 Å². The molecule has 13 heteroatoms. The monoisotopic (exact) mass is 597 g/mol. The first-order chi connectivity index (χ1) is 19.6. The zero-order chi connectivity index (χ0) is 28.4. The molecule has 228 valence electrons. The summed E-state index contributed by atoms with van der Waals surface area (Å²) in [5, 5.41) is 2.31. The highest BCUT2D eigenvalue weighted by Gasteiger charge is 2.39. The zero-order valence-electron chi connectivity index (χ0n) is 23.2. The molecule has 0 radical (unpaired) electrons. The third kappa shape index (κ3) is 12.0. The first-order valence-electron chi connectivity index (χ1n) is 13.5. The Kier molecular flexibility index (Phi) is 17.1. The summed E-state index contributed by atoms with van der Waals surface area (Å²) >= 11 is 0. The van der Waals surface area contributed by atoms with Crippen LogP contribution in [0, 0.1) is 11.8 Å². The van der Waals surface area contributed by atoms with E-state index in [0.717, 1.165) is 11.1 Å². The normalized spacial score (nSPS) is 16.2. The van der Waals surface area contributed by atoms with Crippen LogP contribution in [0.3, 0.4) is 0 Å². The lowest BCUT2D eigenvalue weighted by molar-refractivity contribution is -0.136. The van der Waals surface area contributed by atoms with Gasteiger partial charge in [-0.15, -0.1) is 12.4 Å². The lowest BCUT2D eigenvalue weighted by atomic mass is 10.0. The number of benzene rings is 1. The van der Waals surface area contributed by atoms with Gasteiger partial charge in [-0.3, -0.25) is 19.7 Å². The number of carbonyl (C=O) groups is 3. The molecule has 1 unspecified atom stereocenters. The Morgan fingerprint density at radius 1 is 0.829 bits per heavy atom. The molecule has 3 amide bonds. The molecule has 2 heterocycles. The third-order valence-electron chi connectivity index (χ3n) is 6.10. The summed E-state index contributed by atoms with van der Waals surface area (Å²) in [6.07, 6.45) is 0.543. The van der Waals surface area contributed by atoms with E-state index < -0.39 is 11.9 Å². The van der Waals surface area contributed by atoms with Crippen LogP contribution in [-0.4, -0.2) is 114 Å². The first kappa shape index (κ1) is 34.6. The highest BCUT2D eigenvalue weighted by atomic mass is 35.5. The molecule has 0 bridgehead atoms. The Bertz CT molecular complexity index is 1030. The number of carbonyl (C=O) groups excluding carboxylic acids is 3. The van der Waals surface area contributed by atoms with Gasteiger partial charge in [-0.2, -0.15) is 0 Å². The summed E-state index contributed by atoms with van der Waals surface area (Å²) in [6.45, 7) is 6.33. The SMILES string of the molecule is Cl.NCCOCCOCCOCCOCCOCCOCC#Cc1cccc2c1CN(C1CCC(=O)NC1=O)C2=O. The van der Waals surface area contributed by atoms with Gasteiger partial charge in [0.25, 0.3) is 5.91 Å². The van der Waals surface area contributed by atoms with Gasteiger partial charge in [-0.1, -0.05) is 17.9 Å². The Balaban J connectivity index is 0.00000588. The van der Waals surface area contributed by atoms with Gasteiger partial charge in [-0.05, 0) is 24.1 Å². The summed E-state index contributed by atoms with van der Waals surface area (Å²) in [7, 11) is 0. The van der Waals surface area contributed by atoms with Crippen LogP contribution >= 0.6 is 12.4 Å². The fraction of sp³-hybridized carbons (Fsp3) is 0.607. The van der Waals surface area contributed by atoms with Crippen LogP contribution in [0.2, 0.25) is 0 Å². The average molecular weight is 598 g/mol. The van der Waals surface area contributed by atoms with Gasteiger partial charge in [-0.25, -0.2) is 0 Å². The number of hydrogen-bond donors (Lipinski definition) is 2. The van der Waals surface area contributed by atoms with Crippen LogP contribution in [0.4, 0.5) is 0 Å². The van der Waals surface area contributed by atoms with Crippen LogP contribution in [0.15, 0.2) is 18.2 Å². The molecule has 1 atom stereocenters. The van der Waals surface area contributed by atoms with Gasteiger partial charge < -0.3 is 39.1 Å². The molecule has 41 heavy (non-hydrogen) atoms. The van der Waals surface area contributed by atoms with Gasteiger partial charge in [0, 0.05) is 30.6 Å². The average Bonchev–Trinajstić information content (AvgIpc) is 3.28. The number of ether oxygens (including phenoxy) is 6. The number of imide groups is 1. The van der Waals surface area contributed by atoms with Crippen LogP contribution in [0.25, 0.3) is 0 Å². The highest BCUT2D eigenvalue weighted by Crippen LogP contribution is 2.29. The predicted molar refractivity (Wildman–Crippen MR) is 151 cm³/mol. The van der Waals surface area contributed by atoms with E-state index in [1.54, 1.807) is 12.1 Å². The molecule has 1 aromatic carbocycles. The molecule has 12 nitrogen and oxygen atoms in total. The van der Waals surface area contributed by atoms with Crippen molar-refractivity contribution < 1.29 is 42.8 Å². The molecule has 3 rings (SSSR count). The second-order valence-electron chi connectivity index (χ2n) is 8.94. The van der Waals surface area contributed by atoms with Crippen molar-refractivity contribution in [2.24, 2.45) is 5.73 Å². The van der Waals surface area contributed by atoms with E-state index in [1.165, 1.54) is 4.90 Å². The molecule has 1 aromatic rings. The van der Waals surface area contributed by atoms with Crippen molar-refractivity contribution in [2.45, 2.75) is 25.4 Å². The van der Waals surface area contributed by atoms with Gasteiger partial charge in [0.2, 0.25) is 11.8 Å². The molecule has 2 aliphatic rings. The smallest absolute Gasteiger partial charge is 0.255 e. The Morgan fingerprint density at radius 2 is 1.39 bits per heavy atom. The molecule has 0 saturated carbocycles. The maximum atomic E-state index is 12.9. The molecular formula is C28H40ClN3O9. The summed E-state index contributed by atoms with van der Waals surface area (Å²) in [4.78, 5) is 38.1. The zero-order valence-corrected chi connectivity index (χ0v) is 24.0. The van der Waals surface area contributed by atoms with Crippen molar-refractivity contribution in [3.05, 3.63) is 34.9 Å². The van der Waals surface area contributed by atoms with E-state index in [0.29, 0.717) is 91.2 Å². The highest BCUT2D eigenvalue weighted by molar-refractivity contribution is 6.05. The molecule has 1 saturated heterocycles. The largest absolute Gasteiger partial charge is 0.378 e. The van der Waals surface area contributed by atoms with Crippen molar-refractivity contribution in [1.29, 1.82) is 0 Å². The fourth-order valence-electron chi connectivity index (χ4n) is 4.14. The molecule has 2 aliphatic heterocycles. The summed E-state index contributed by atoms with van der Waals surface area (Å²) < 4.78 is 32.4. The van der Waals surface area contributed by atoms with Gasteiger partial charge in [0.1, 0.15) is 12.6 Å². The van der Waals surface area contributed by atoms with Crippen LogP contribution < -0.4 is 11.1 Å². The van der Waals surface area contributed by atoms with Crippen molar-refractivity contribution in [1.82, 2.24) is 10.2 Å². The minimum atomic E-state index is -0.649. The number of piperidine rings is 1. The van der Waals surface area contributed by atoms with E-state index in [2.05, 4.69) is 17.2 Å². The number of amides is 3. The van der Waals surface area contributed by atoms with E-state index in [1.807, 2.05) is 6.07 Å². The Labute approximate surface area is 246 Å². The fourth-order valence-corrected chi connectivity index (χ4v) is 4.14. The molecule has 1 fully saturated rings. The summed E-state index contributed by atoms with van der Waals surface area (Å²) in [5.41, 5.74) is 7.37. The Hall–Kier alpha value is -2.60. The number of fused-ring (bicyclic) bond motifs is 1.